The van der Waals surface area contributed by atoms with E-state index in [1.165, 1.54) is 25.0 Å². The zero-order chi connectivity index (χ0) is 17.5. The van der Waals surface area contributed by atoms with Crippen LogP contribution in [0.25, 0.3) is 0 Å². The van der Waals surface area contributed by atoms with E-state index in [-0.39, 0.29) is 18.3 Å². The van der Waals surface area contributed by atoms with Crippen LogP contribution < -0.4 is 5.32 Å². The average Bonchev–Trinajstić information content (AvgIpc) is 3.36. The van der Waals surface area contributed by atoms with Crippen LogP contribution in [0.15, 0.2) is 18.2 Å². The molecule has 2 aliphatic carbocycles. The minimum Gasteiger partial charge on any atom is -0.336 e. The van der Waals surface area contributed by atoms with E-state index in [4.69, 9.17) is 11.6 Å². The Morgan fingerprint density at radius 3 is 2.58 bits per heavy atom. The van der Waals surface area contributed by atoms with Crippen molar-refractivity contribution in [3.63, 3.8) is 0 Å². The molecule has 0 aromatic heterocycles. The van der Waals surface area contributed by atoms with Crippen molar-refractivity contribution >= 4 is 17.5 Å². The molecule has 1 unspecified atom stereocenters. The Labute approximate surface area is 148 Å². The molecule has 1 aromatic rings. The maximum Gasteiger partial charge on any atom is 0.237 e. The Morgan fingerprint density at radius 2 is 2.04 bits per heavy atom. The lowest BCUT2D eigenvalue weighted by Crippen LogP contribution is -2.49. The van der Waals surface area contributed by atoms with E-state index in [1.54, 1.807) is 6.07 Å². The van der Waals surface area contributed by atoms with Gasteiger partial charge in [-0.25, -0.2) is 4.39 Å². The van der Waals surface area contributed by atoms with Gasteiger partial charge in [0.05, 0.1) is 6.54 Å². The number of carbonyl (C=O) groups excluding carboxylic acids is 1. The molecule has 1 amide bonds. The lowest BCUT2D eigenvalue weighted by Gasteiger charge is -2.33. The van der Waals surface area contributed by atoms with Gasteiger partial charge in [0.2, 0.25) is 5.91 Å². The number of halogens is 2. The van der Waals surface area contributed by atoms with Crippen LogP contribution in [-0.4, -0.2) is 29.4 Å². The fraction of sp³-hybridized carbons (Fsp3) is 0.632. The Hall–Kier alpha value is -1.13. The third-order valence-corrected chi connectivity index (χ3v) is 5.57. The van der Waals surface area contributed by atoms with Crippen LogP contribution in [0.5, 0.6) is 0 Å². The van der Waals surface area contributed by atoms with E-state index in [1.807, 2.05) is 13.8 Å². The molecule has 0 saturated heterocycles. The molecule has 1 atom stereocenters. The topological polar surface area (TPSA) is 32.3 Å². The molecule has 2 fully saturated rings. The molecule has 0 spiro atoms. The molecule has 132 valence electrons. The van der Waals surface area contributed by atoms with Crippen molar-refractivity contribution in [2.45, 2.75) is 64.1 Å². The maximum atomic E-state index is 13.3. The van der Waals surface area contributed by atoms with Crippen molar-refractivity contribution in [1.82, 2.24) is 10.2 Å². The van der Waals surface area contributed by atoms with E-state index < -0.39 is 5.54 Å². The van der Waals surface area contributed by atoms with Gasteiger partial charge in [-0.1, -0.05) is 17.7 Å². The molecule has 1 aromatic carbocycles. The first-order chi connectivity index (χ1) is 11.3. The Balaban J connectivity index is 1.65. The summed E-state index contributed by atoms with van der Waals surface area (Å²) < 4.78 is 13.3. The number of hydrogen-bond donors (Lipinski definition) is 1. The molecule has 3 rings (SSSR count). The Kier molecular flexibility index (Phi) is 4.89. The largest absolute Gasteiger partial charge is 0.336 e. The number of nitrogens with one attached hydrogen (secondary N) is 1. The SMILES string of the molecule is CC(C1CC1)N(C(=O)CNC(C)(C)c1ccc(F)cc1Cl)C1CC1. The summed E-state index contributed by atoms with van der Waals surface area (Å²) >= 11 is 6.18. The highest BCUT2D eigenvalue weighted by molar-refractivity contribution is 6.31. The third kappa shape index (κ3) is 3.92. The number of amides is 1. The van der Waals surface area contributed by atoms with Gasteiger partial charge in [-0.15, -0.1) is 0 Å². The number of nitrogens with zero attached hydrogens (tertiary/aromatic N) is 1. The zero-order valence-electron chi connectivity index (χ0n) is 14.6. The third-order valence-electron chi connectivity index (χ3n) is 5.26. The van der Waals surface area contributed by atoms with Gasteiger partial charge in [0, 0.05) is 22.6 Å². The van der Waals surface area contributed by atoms with Crippen LogP contribution in [0.3, 0.4) is 0 Å². The summed E-state index contributed by atoms with van der Waals surface area (Å²) in [6.07, 6.45) is 4.72. The molecule has 0 bridgehead atoms. The van der Waals surface area contributed by atoms with Gasteiger partial charge in [-0.3, -0.25) is 10.1 Å². The fourth-order valence-corrected chi connectivity index (χ4v) is 3.80. The predicted molar refractivity (Wildman–Crippen MR) is 94.5 cm³/mol. The molecule has 2 saturated carbocycles. The first-order valence-corrected chi connectivity index (χ1v) is 9.19. The van der Waals surface area contributed by atoms with E-state index in [2.05, 4.69) is 17.1 Å². The van der Waals surface area contributed by atoms with Crippen LogP contribution in [0.2, 0.25) is 5.02 Å². The Morgan fingerprint density at radius 1 is 1.38 bits per heavy atom. The highest BCUT2D eigenvalue weighted by Gasteiger charge is 2.41. The minimum atomic E-state index is -0.502. The van der Waals surface area contributed by atoms with Gasteiger partial charge < -0.3 is 4.90 Å². The first kappa shape index (κ1) is 17.7. The smallest absolute Gasteiger partial charge is 0.237 e. The van der Waals surface area contributed by atoms with Gasteiger partial charge in [-0.2, -0.15) is 0 Å². The molecule has 5 heteroatoms. The summed E-state index contributed by atoms with van der Waals surface area (Å²) in [7, 11) is 0. The molecule has 24 heavy (non-hydrogen) atoms. The van der Waals surface area contributed by atoms with Gasteiger partial charge in [0.25, 0.3) is 0 Å². The standard InChI is InChI=1S/C19H26ClFN2O/c1-12(13-4-5-13)23(15-7-8-15)18(24)11-22-19(2,3)16-9-6-14(21)10-17(16)20/h6,9-10,12-13,15,22H,4-5,7-8,11H2,1-3H3. The van der Waals surface area contributed by atoms with Crippen molar-refractivity contribution in [3.05, 3.63) is 34.6 Å². The first-order valence-electron chi connectivity index (χ1n) is 8.81. The summed E-state index contributed by atoms with van der Waals surface area (Å²) in [5.74, 6) is 0.478. The van der Waals surface area contributed by atoms with E-state index in [0.29, 0.717) is 23.0 Å². The second kappa shape index (κ2) is 6.64. The van der Waals surface area contributed by atoms with E-state index >= 15 is 0 Å². The highest BCUT2D eigenvalue weighted by Crippen LogP contribution is 2.39. The van der Waals surface area contributed by atoms with Crippen LogP contribution >= 0.6 is 11.6 Å². The van der Waals surface area contributed by atoms with Crippen LogP contribution in [0.1, 0.15) is 52.0 Å². The van der Waals surface area contributed by atoms with Crippen LogP contribution in [0.4, 0.5) is 4.39 Å². The zero-order valence-corrected chi connectivity index (χ0v) is 15.4. The van der Waals surface area contributed by atoms with E-state index in [0.717, 1.165) is 18.4 Å². The number of benzene rings is 1. The average molecular weight is 353 g/mol. The summed E-state index contributed by atoms with van der Waals surface area (Å²) in [6, 6.07) is 5.16. The molecule has 0 heterocycles. The molecular weight excluding hydrogens is 327 g/mol. The van der Waals surface area contributed by atoms with Crippen molar-refractivity contribution < 1.29 is 9.18 Å². The van der Waals surface area contributed by atoms with Crippen molar-refractivity contribution in [2.75, 3.05) is 6.54 Å². The molecule has 2 aliphatic rings. The van der Waals surface area contributed by atoms with Crippen molar-refractivity contribution in [2.24, 2.45) is 5.92 Å². The quantitative estimate of drug-likeness (QED) is 0.801. The summed E-state index contributed by atoms with van der Waals surface area (Å²) in [6.45, 7) is 6.38. The van der Waals surface area contributed by atoms with Gasteiger partial charge in [0.1, 0.15) is 5.82 Å². The number of rotatable bonds is 7. The summed E-state index contributed by atoms with van der Waals surface area (Å²) in [4.78, 5) is 14.9. The normalized spacial score (nSPS) is 19.2. The Bertz CT molecular complexity index is 626. The lowest BCUT2D eigenvalue weighted by molar-refractivity contribution is -0.133. The van der Waals surface area contributed by atoms with Gasteiger partial charge in [0.15, 0.2) is 0 Å². The van der Waals surface area contributed by atoms with Crippen molar-refractivity contribution in [1.29, 1.82) is 0 Å². The fourth-order valence-electron chi connectivity index (χ4n) is 3.40. The van der Waals surface area contributed by atoms with Crippen LogP contribution in [-0.2, 0) is 10.3 Å². The molecule has 0 aliphatic heterocycles. The number of carbonyl (C=O) groups is 1. The molecule has 3 nitrogen and oxygen atoms in total. The predicted octanol–water partition coefficient (Wildman–Crippen LogP) is 4.09. The van der Waals surface area contributed by atoms with Gasteiger partial charge in [-0.05, 0) is 70.1 Å². The summed E-state index contributed by atoms with van der Waals surface area (Å²) in [5, 5.41) is 3.69. The maximum absolute atomic E-state index is 13.3. The second-order valence-electron chi connectivity index (χ2n) is 7.71. The van der Waals surface area contributed by atoms with Gasteiger partial charge >= 0.3 is 0 Å². The lowest BCUT2D eigenvalue weighted by atomic mass is 9.94. The monoisotopic (exact) mass is 352 g/mol. The highest BCUT2D eigenvalue weighted by atomic mass is 35.5. The minimum absolute atomic E-state index is 0.156. The van der Waals surface area contributed by atoms with E-state index in [9.17, 15) is 9.18 Å². The second-order valence-corrected chi connectivity index (χ2v) is 8.12. The summed E-state index contributed by atoms with van der Waals surface area (Å²) in [5.41, 5.74) is 0.296. The molecular formula is C19H26ClFN2O. The van der Waals surface area contributed by atoms with Crippen molar-refractivity contribution in [3.8, 4) is 0 Å². The number of hydrogen-bond acceptors (Lipinski definition) is 2. The molecule has 1 N–H and O–H groups in total. The molecule has 0 radical (unpaired) electrons. The van der Waals surface area contributed by atoms with Crippen LogP contribution in [0, 0.1) is 11.7 Å².